The van der Waals surface area contributed by atoms with E-state index < -0.39 is 17.5 Å². The van der Waals surface area contributed by atoms with Crippen molar-refractivity contribution < 1.29 is 18.0 Å². The summed E-state index contributed by atoms with van der Waals surface area (Å²) in [6.45, 7) is 3.73. The zero-order valence-electron chi connectivity index (χ0n) is 11.9. The number of nitrogens with one attached hydrogen (secondary N) is 1. The molecule has 6 heteroatoms. The first-order valence-electron chi connectivity index (χ1n) is 7.14. The van der Waals surface area contributed by atoms with Crippen molar-refractivity contribution in [2.75, 3.05) is 13.1 Å². The number of halogens is 3. The Morgan fingerprint density at radius 1 is 1.52 bits per heavy atom. The summed E-state index contributed by atoms with van der Waals surface area (Å²) in [6, 6.07) is 0.861. The predicted octanol–water partition coefficient (Wildman–Crippen LogP) is 3.31. The average molecular weight is 300 g/mol. The zero-order chi connectivity index (χ0) is 15.5. The second-order valence-corrected chi connectivity index (χ2v) is 5.63. The van der Waals surface area contributed by atoms with E-state index in [-0.39, 0.29) is 17.9 Å². The molecule has 2 rings (SSSR count). The number of aromatic nitrogens is 1. The number of piperidine rings is 1. The fourth-order valence-corrected chi connectivity index (χ4v) is 2.80. The van der Waals surface area contributed by atoms with Crippen LogP contribution in [0.4, 0.5) is 13.2 Å². The van der Waals surface area contributed by atoms with Gasteiger partial charge in [-0.05, 0) is 43.8 Å². The van der Waals surface area contributed by atoms with E-state index in [4.69, 9.17) is 0 Å². The largest absolute Gasteiger partial charge is 0.417 e. The second-order valence-electron chi connectivity index (χ2n) is 5.63. The lowest BCUT2D eigenvalue weighted by Crippen LogP contribution is -2.34. The lowest BCUT2D eigenvalue weighted by molar-refractivity contribution is -0.138. The van der Waals surface area contributed by atoms with Crippen LogP contribution in [0.3, 0.4) is 0 Å². The third-order valence-electron chi connectivity index (χ3n) is 4.07. The van der Waals surface area contributed by atoms with Crippen LogP contribution in [0.1, 0.15) is 42.1 Å². The van der Waals surface area contributed by atoms with Gasteiger partial charge in [0.25, 0.3) is 0 Å². The number of ketones is 1. The highest BCUT2D eigenvalue weighted by molar-refractivity contribution is 5.97. The minimum Gasteiger partial charge on any atom is -0.316 e. The van der Waals surface area contributed by atoms with Crippen molar-refractivity contribution in [1.82, 2.24) is 10.3 Å². The molecule has 0 radical (unpaired) electrons. The molecule has 1 aliphatic heterocycles. The first-order valence-corrected chi connectivity index (χ1v) is 7.14. The summed E-state index contributed by atoms with van der Waals surface area (Å²) in [5, 5.41) is 3.26. The van der Waals surface area contributed by atoms with E-state index >= 15 is 0 Å². The van der Waals surface area contributed by atoms with Crippen LogP contribution in [0, 0.1) is 11.8 Å². The molecule has 2 atom stereocenters. The Hall–Kier alpha value is -1.43. The Bertz CT molecular complexity index is 496. The van der Waals surface area contributed by atoms with Gasteiger partial charge in [-0.15, -0.1) is 0 Å². The van der Waals surface area contributed by atoms with Crippen molar-refractivity contribution in [1.29, 1.82) is 0 Å². The topological polar surface area (TPSA) is 42.0 Å². The van der Waals surface area contributed by atoms with Gasteiger partial charge < -0.3 is 5.32 Å². The summed E-state index contributed by atoms with van der Waals surface area (Å²) >= 11 is 0. The lowest BCUT2D eigenvalue weighted by atomic mass is 9.83. The minimum absolute atomic E-state index is 0.0617. The highest BCUT2D eigenvalue weighted by Gasteiger charge is 2.35. The van der Waals surface area contributed by atoms with E-state index in [9.17, 15) is 18.0 Å². The molecule has 1 aliphatic rings. The standard InChI is InChI=1S/C15H19F3N2O/c1-10(11-3-2-5-19-8-11)7-14(21)12-9-20-6-4-13(12)15(16,17)18/h4,6,9-11,19H,2-3,5,7-8H2,1H3. The Labute approximate surface area is 122 Å². The third-order valence-corrected chi connectivity index (χ3v) is 4.07. The number of hydrogen-bond acceptors (Lipinski definition) is 3. The molecule has 0 spiro atoms. The van der Waals surface area contributed by atoms with Crippen molar-refractivity contribution in [3.63, 3.8) is 0 Å². The Morgan fingerprint density at radius 2 is 2.29 bits per heavy atom. The van der Waals surface area contributed by atoms with Crippen LogP contribution in [0.2, 0.25) is 0 Å². The van der Waals surface area contributed by atoms with Gasteiger partial charge in [0.1, 0.15) is 0 Å². The molecule has 1 N–H and O–H groups in total. The van der Waals surface area contributed by atoms with Gasteiger partial charge in [0.05, 0.1) is 5.56 Å². The molecule has 3 nitrogen and oxygen atoms in total. The van der Waals surface area contributed by atoms with Crippen LogP contribution in [0.15, 0.2) is 18.5 Å². The SMILES string of the molecule is CC(CC(=O)c1cnccc1C(F)(F)F)C1CCCNC1. The van der Waals surface area contributed by atoms with E-state index in [1.807, 2.05) is 6.92 Å². The highest BCUT2D eigenvalue weighted by Crippen LogP contribution is 2.33. The summed E-state index contributed by atoms with van der Waals surface area (Å²) in [7, 11) is 0. The molecule has 0 saturated carbocycles. The maximum atomic E-state index is 12.9. The number of carbonyl (C=O) groups excluding carboxylic acids is 1. The van der Waals surface area contributed by atoms with Gasteiger partial charge in [0.15, 0.2) is 5.78 Å². The number of pyridine rings is 1. The zero-order valence-corrected chi connectivity index (χ0v) is 11.9. The smallest absolute Gasteiger partial charge is 0.316 e. The average Bonchev–Trinajstić information content (AvgIpc) is 2.47. The summed E-state index contributed by atoms with van der Waals surface area (Å²) in [5.74, 6) is -0.0752. The van der Waals surface area contributed by atoms with Gasteiger partial charge in [-0.2, -0.15) is 13.2 Å². The van der Waals surface area contributed by atoms with Crippen LogP contribution < -0.4 is 5.32 Å². The van der Waals surface area contributed by atoms with Crippen LogP contribution in [0.25, 0.3) is 0 Å². The van der Waals surface area contributed by atoms with Crippen LogP contribution in [0.5, 0.6) is 0 Å². The first kappa shape index (κ1) is 15.9. The van der Waals surface area contributed by atoms with Crippen molar-refractivity contribution in [2.45, 2.75) is 32.4 Å². The molecule has 116 valence electrons. The number of Topliss-reactive ketones (excluding diaryl/α,β-unsaturated/α-hetero) is 1. The van der Waals surface area contributed by atoms with Crippen molar-refractivity contribution in [3.05, 3.63) is 29.6 Å². The number of carbonyl (C=O) groups is 1. The summed E-state index contributed by atoms with van der Waals surface area (Å²) in [5.41, 5.74) is -1.21. The molecule has 1 fully saturated rings. The van der Waals surface area contributed by atoms with E-state index in [0.717, 1.165) is 44.4 Å². The first-order chi connectivity index (χ1) is 9.89. The summed E-state index contributed by atoms with van der Waals surface area (Å²) < 4.78 is 38.7. The fraction of sp³-hybridized carbons (Fsp3) is 0.600. The van der Waals surface area contributed by atoms with E-state index in [2.05, 4.69) is 10.3 Å². The molecular weight excluding hydrogens is 281 g/mol. The Morgan fingerprint density at radius 3 is 2.90 bits per heavy atom. The molecule has 0 aliphatic carbocycles. The van der Waals surface area contributed by atoms with Crippen molar-refractivity contribution in [3.8, 4) is 0 Å². The van der Waals surface area contributed by atoms with Gasteiger partial charge in [0.2, 0.25) is 0 Å². The minimum atomic E-state index is -4.52. The molecule has 2 unspecified atom stereocenters. The molecule has 1 saturated heterocycles. The van der Waals surface area contributed by atoms with Gasteiger partial charge >= 0.3 is 6.18 Å². The number of alkyl halides is 3. The van der Waals surface area contributed by atoms with E-state index in [1.54, 1.807) is 0 Å². The fourth-order valence-electron chi connectivity index (χ4n) is 2.80. The monoisotopic (exact) mass is 300 g/mol. The van der Waals surface area contributed by atoms with Crippen molar-refractivity contribution >= 4 is 5.78 Å². The Balaban J connectivity index is 2.10. The maximum Gasteiger partial charge on any atom is 0.417 e. The molecule has 1 aromatic rings. The predicted molar refractivity (Wildman–Crippen MR) is 72.9 cm³/mol. The molecule has 0 aromatic carbocycles. The summed E-state index contributed by atoms with van der Waals surface area (Å²) in [6.07, 6.45) is -0.250. The van der Waals surface area contributed by atoms with Gasteiger partial charge in [-0.3, -0.25) is 9.78 Å². The number of rotatable bonds is 4. The van der Waals surface area contributed by atoms with E-state index in [1.165, 1.54) is 0 Å². The van der Waals surface area contributed by atoms with Crippen LogP contribution >= 0.6 is 0 Å². The van der Waals surface area contributed by atoms with Gasteiger partial charge in [-0.25, -0.2) is 0 Å². The maximum absolute atomic E-state index is 12.9. The second kappa shape index (κ2) is 6.56. The molecule has 21 heavy (non-hydrogen) atoms. The van der Waals surface area contributed by atoms with Crippen LogP contribution in [-0.2, 0) is 6.18 Å². The van der Waals surface area contributed by atoms with Crippen LogP contribution in [-0.4, -0.2) is 23.9 Å². The van der Waals surface area contributed by atoms with Gasteiger partial charge in [-0.1, -0.05) is 6.92 Å². The highest BCUT2D eigenvalue weighted by atomic mass is 19.4. The number of hydrogen-bond donors (Lipinski definition) is 1. The molecular formula is C15H19F3N2O. The molecule has 0 bridgehead atoms. The third kappa shape index (κ3) is 4.03. The van der Waals surface area contributed by atoms with Crippen molar-refractivity contribution in [2.24, 2.45) is 11.8 Å². The molecule has 1 aromatic heterocycles. The number of nitrogens with zero attached hydrogens (tertiary/aromatic N) is 1. The summed E-state index contributed by atoms with van der Waals surface area (Å²) in [4.78, 5) is 15.9. The quantitative estimate of drug-likeness (QED) is 0.867. The lowest BCUT2D eigenvalue weighted by Gasteiger charge is -2.28. The van der Waals surface area contributed by atoms with E-state index in [0.29, 0.717) is 5.92 Å². The Kier molecular flexibility index (Phi) is 4.98. The molecule has 2 heterocycles. The molecule has 0 amide bonds. The normalized spacial score (nSPS) is 21.0. The van der Waals surface area contributed by atoms with Gasteiger partial charge in [0, 0.05) is 24.4 Å².